The minimum atomic E-state index is -1.00. The zero-order valence-corrected chi connectivity index (χ0v) is 10.1. The molecular weight excluding hydrogens is 234 g/mol. The van der Waals surface area contributed by atoms with Crippen molar-refractivity contribution in [3.63, 3.8) is 0 Å². The van der Waals surface area contributed by atoms with Gasteiger partial charge in [0.1, 0.15) is 11.3 Å². The van der Waals surface area contributed by atoms with Gasteiger partial charge in [-0.1, -0.05) is 5.16 Å². The van der Waals surface area contributed by atoms with Crippen LogP contribution < -0.4 is 5.32 Å². The summed E-state index contributed by atoms with van der Waals surface area (Å²) in [5.74, 6) is 0.747. The number of aliphatic hydroxyl groups is 1. The van der Waals surface area contributed by atoms with Crippen molar-refractivity contribution in [1.29, 1.82) is 0 Å². The van der Waals surface area contributed by atoms with E-state index in [1.807, 2.05) is 7.05 Å². The van der Waals surface area contributed by atoms with Crippen LogP contribution in [-0.4, -0.2) is 37.9 Å². The Morgan fingerprint density at radius 2 is 2.22 bits per heavy atom. The Labute approximate surface area is 104 Å². The lowest BCUT2D eigenvalue weighted by molar-refractivity contribution is -0.0228. The maximum absolute atomic E-state index is 10.5. The van der Waals surface area contributed by atoms with Gasteiger partial charge in [-0.25, -0.2) is 4.98 Å². The van der Waals surface area contributed by atoms with E-state index in [1.54, 1.807) is 17.1 Å². The fourth-order valence-corrected chi connectivity index (χ4v) is 2.14. The highest BCUT2D eigenvalue weighted by molar-refractivity contribution is 5.47. The van der Waals surface area contributed by atoms with Crippen LogP contribution in [0, 0.1) is 0 Å². The number of aryl methyl sites for hydroxylation is 1. The van der Waals surface area contributed by atoms with Crippen molar-refractivity contribution in [3.8, 4) is 11.5 Å². The molecule has 1 saturated heterocycles. The van der Waals surface area contributed by atoms with Crippen LogP contribution in [0.5, 0.6) is 0 Å². The molecule has 0 amide bonds. The number of piperidine rings is 1. The third-order valence-corrected chi connectivity index (χ3v) is 3.30. The van der Waals surface area contributed by atoms with Gasteiger partial charge in [0.25, 0.3) is 5.89 Å². The van der Waals surface area contributed by atoms with Crippen molar-refractivity contribution in [2.75, 3.05) is 13.1 Å². The van der Waals surface area contributed by atoms with Crippen LogP contribution in [0.2, 0.25) is 0 Å². The minimum Gasteiger partial charge on any atom is -0.380 e. The summed E-state index contributed by atoms with van der Waals surface area (Å²) in [7, 11) is 1.86. The van der Waals surface area contributed by atoms with E-state index in [9.17, 15) is 5.11 Å². The Morgan fingerprint density at radius 3 is 2.89 bits per heavy atom. The zero-order chi connectivity index (χ0) is 12.6. The number of aromatic nitrogens is 4. The third-order valence-electron chi connectivity index (χ3n) is 3.30. The first-order chi connectivity index (χ1) is 8.69. The average molecular weight is 249 g/mol. The van der Waals surface area contributed by atoms with Crippen molar-refractivity contribution in [2.45, 2.75) is 18.4 Å². The SMILES string of the molecule is Cn1cncc1-c1noc(C2(O)CCNCC2)n1. The molecule has 1 aliphatic rings. The second-order valence-electron chi connectivity index (χ2n) is 4.59. The highest BCUT2D eigenvalue weighted by Gasteiger charge is 2.37. The smallest absolute Gasteiger partial charge is 0.259 e. The van der Waals surface area contributed by atoms with E-state index >= 15 is 0 Å². The molecule has 2 aromatic rings. The number of rotatable bonds is 2. The number of nitrogens with one attached hydrogen (secondary N) is 1. The Hall–Kier alpha value is -1.73. The molecule has 7 heteroatoms. The van der Waals surface area contributed by atoms with Crippen LogP contribution in [0.1, 0.15) is 18.7 Å². The highest BCUT2D eigenvalue weighted by Crippen LogP contribution is 2.30. The van der Waals surface area contributed by atoms with Crippen LogP contribution >= 0.6 is 0 Å². The Morgan fingerprint density at radius 1 is 1.44 bits per heavy atom. The van der Waals surface area contributed by atoms with E-state index in [0.29, 0.717) is 24.6 Å². The standard InChI is InChI=1S/C11H15N5O2/c1-16-7-13-6-8(16)9-14-10(18-15-9)11(17)2-4-12-5-3-11/h6-7,12,17H,2-5H2,1H3. The topological polar surface area (TPSA) is 89.0 Å². The lowest BCUT2D eigenvalue weighted by Crippen LogP contribution is -2.39. The number of hydrogen-bond donors (Lipinski definition) is 2. The van der Waals surface area contributed by atoms with Gasteiger partial charge in [-0.05, 0) is 25.9 Å². The first kappa shape index (κ1) is 11.4. The average Bonchev–Trinajstić information content (AvgIpc) is 2.98. The number of hydrogen-bond acceptors (Lipinski definition) is 6. The van der Waals surface area contributed by atoms with Gasteiger partial charge in [-0.15, -0.1) is 0 Å². The van der Waals surface area contributed by atoms with Gasteiger partial charge >= 0.3 is 0 Å². The second kappa shape index (κ2) is 4.18. The van der Waals surface area contributed by atoms with E-state index in [-0.39, 0.29) is 0 Å². The molecule has 0 bridgehead atoms. The Bertz CT molecular complexity index is 541. The van der Waals surface area contributed by atoms with Crippen LogP contribution in [0.25, 0.3) is 11.5 Å². The summed E-state index contributed by atoms with van der Waals surface area (Å²) in [6, 6.07) is 0. The summed E-state index contributed by atoms with van der Waals surface area (Å²) in [6.07, 6.45) is 4.51. The van der Waals surface area contributed by atoms with E-state index in [2.05, 4.69) is 20.4 Å². The lowest BCUT2D eigenvalue weighted by atomic mass is 9.92. The molecule has 7 nitrogen and oxygen atoms in total. The predicted molar refractivity (Wildman–Crippen MR) is 62.5 cm³/mol. The van der Waals surface area contributed by atoms with Crippen LogP contribution in [0.4, 0.5) is 0 Å². The summed E-state index contributed by atoms with van der Waals surface area (Å²) in [5, 5.41) is 17.6. The van der Waals surface area contributed by atoms with E-state index in [0.717, 1.165) is 18.8 Å². The van der Waals surface area contributed by atoms with Gasteiger partial charge in [-0.3, -0.25) is 0 Å². The fourth-order valence-electron chi connectivity index (χ4n) is 2.14. The van der Waals surface area contributed by atoms with Crippen LogP contribution in [0.3, 0.4) is 0 Å². The molecule has 1 fully saturated rings. The molecule has 96 valence electrons. The first-order valence-corrected chi connectivity index (χ1v) is 5.93. The Kier molecular flexibility index (Phi) is 2.64. The Balaban J connectivity index is 1.92. The van der Waals surface area contributed by atoms with Crippen LogP contribution in [0.15, 0.2) is 17.0 Å². The van der Waals surface area contributed by atoms with Gasteiger partial charge < -0.3 is 19.5 Å². The minimum absolute atomic E-state index is 0.292. The second-order valence-corrected chi connectivity index (χ2v) is 4.59. The van der Waals surface area contributed by atoms with Gasteiger partial charge in [0, 0.05) is 7.05 Å². The van der Waals surface area contributed by atoms with E-state index < -0.39 is 5.60 Å². The van der Waals surface area contributed by atoms with Crippen molar-refractivity contribution in [1.82, 2.24) is 25.0 Å². The van der Waals surface area contributed by atoms with Gasteiger partial charge in [0.2, 0.25) is 5.82 Å². The zero-order valence-electron chi connectivity index (χ0n) is 10.1. The summed E-state index contributed by atoms with van der Waals surface area (Å²) in [4.78, 5) is 8.30. The molecular formula is C11H15N5O2. The molecule has 0 aromatic carbocycles. The molecule has 1 aliphatic heterocycles. The predicted octanol–water partition coefficient (Wildman–Crippen LogP) is 0.0411. The van der Waals surface area contributed by atoms with Gasteiger partial charge in [-0.2, -0.15) is 4.98 Å². The normalized spacial score (nSPS) is 19.0. The fraction of sp³-hybridized carbons (Fsp3) is 0.545. The van der Waals surface area contributed by atoms with Gasteiger partial charge in [0.05, 0.1) is 12.5 Å². The molecule has 0 unspecified atom stereocenters. The molecule has 0 spiro atoms. The molecule has 2 aromatic heterocycles. The monoisotopic (exact) mass is 249 g/mol. The summed E-state index contributed by atoms with van der Waals surface area (Å²) in [6.45, 7) is 1.50. The molecule has 0 saturated carbocycles. The molecule has 2 N–H and O–H groups in total. The maximum atomic E-state index is 10.5. The number of imidazole rings is 1. The maximum Gasteiger partial charge on any atom is 0.259 e. The lowest BCUT2D eigenvalue weighted by Gasteiger charge is -2.28. The number of nitrogens with zero attached hydrogens (tertiary/aromatic N) is 4. The molecule has 0 radical (unpaired) electrons. The van der Waals surface area contributed by atoms with E-state index in [4.69, 9.17) is 4.52 Å². The summed E-state index contributed by atoms with van der Waals surface area (Å²) >= 11 is 0. The summed E-state index contributed by atoms with van der Waals surface area (Å²) in [5.41, 5.74) is -0.239. The molecule has 18 heavy (non-hydrogen) atoms. The largest absolute Gasteiger partial charge is 0.380 e. The molecule has 3 rings (SSSR count). The van der Waals surface area contributed by atoms with Crippen LogP contribution in [-0.2, 0) is 12.6 Å². The van der Waals surface area contributed by atoms with E-state index in [1.165, 1.54) is 0 Å². The van der Waals surface area contributed by atoms with Crippen molar-refractivity contribution in [2.24, 2.45) is 7.05 Å². The van der Waals surface area contributed by atoms with Crippen molar-refractivity contribution < 1.29 is 9.63 Å². The molecule has 0 aliphatic carbocycles. The third kappa shape index (κ3) is 1.81. The summed E-state index contributed by atoms with van der Waals surface area (Å²) < 4.78 is 7.01. The first-order valence-electron chi connectivity index (χ1n) is 5.93. The molecule has 3 heterocycles. The molecule has 0 atom stereocenters. The van der Waals surface area contributed by atoms with Crippen molar-refractivity contribution in [3.05, 3.63) is 18.4 Å². The van der Waals surface area contributed by atoms with Gasteiger partial charge in [0.15, 0.2) is 0 Å². The van der Waals surface area contributed by atoms with Crippen molar-refractivity contribution >= 4 is 0 Å². The highest BCUT2D eigenvalue weighted by atomic mass is 16.5. The quantitative estimate of drug-likeness (QED) is 0.781.